The predicted molar refractivity (Wildman–Crippen MR) is 99.0 cm³/mol. The van der Waals surface area contributed by atoms with Gasteiger partial charge in [0, 0.05) is 13.6 Å². The van der Waals surface area contributed by atoms with Gasteiger partial charge < -0.3 is 20.1 Å². The lowest BCUT2D eigenvalue weighted by Gasteiger charge is -2.24. The molecule has 1 aliphatic carbocycles. The van der Waals surface area contributed by atoms with Crippen LogP contribution in [0.2, 0.25) is 0 Å². The second-order valence-corrected chi connectivity index (χ2v) is 6.49. The zero-order chi connectivity index (χ0) is 14.5. The number of nitrogens with one attached hydrogen (secondary N) is 2. The number of fused-ring (bicyclic) bond motifs is 2. The van der Waals surface area contributed by atoms with E-state index in [1.807, 2.05) is 7.05 Å². The number of hydrogen-bond acceptors (Lipinski definition) is 3. The summed E-state index contributed by atoms with van der Waals surface area (Å²) in [5.41, 5.74) is 0. The third-order valence-corrected chi connectivity index (χ3v) is 4.95. The summed E-state index contributed by atoms with van der Waals surface area (Å²) in [5, 5.41) is 6.85. The Bertz CT molecular complexity index is 361. The maximum atomic E-state index is 5.93. The van der Waals surface area contributed by atoms with E-state index in [0.717, 1.165) is 25.5 Å². The Morgan fingerprint density at radius 3 is 2.64 bits per heavy atom. The summed E-state index contributed by atoms with van der Waals surface area (Å²) >= 11 is 0. The second kappa shape index (κ2) is 9.27. The highest BCUT2D eigenvalue weighted by Crippen LogP contribution is 2.34. The molecule has 1 saturated carbocycles. The minimum absolute atomic E-state index is 0. The molecule has 6 heteroatoms. The van der Waals surface area contributed by atoms with E-state index in [9.17, 15) is 0 Å². The zero-order valence-corrected chi connectivity index (χ0v) is 15.9. The van der Waals surface area contributed by atoms with Crippen LogP contribution >= 0.6 is 24.0 Å². The maximum absolute atomic E-state index is 5.93. The summed E-state index contributed by atoms with van der Waals surface area (Å²) < 4.78 is 11.8. The van der Waals surface area contributed by atoms with Crippen LogP contribution in [0.1, 0.15) is 51.4 Å². The van der Waals surface area contributed by atoms with E-state index in [4.69, 9.17) is 9.47 Å². The number of nitrogens with zero attached hydrogens (tertiary/aromatic N) is 1. The van der Waals surface area contributed by atoms with Gasteiger partial charge in [0.1, 0.15) is 0 Å². The molecule has 3 aliphatic rings. The van der Waals surface area contributed by atoms with Crippen molar-refractivity contribution in [2.45, 2.75) is 75.7 Å². The normalized spacial score (nSPS) is 31.9. The standard InChI is InChI=1S/C16H29N3O2.HI/c1-17-16(19-14-11-13-7-8-15(14)21-13)18-9-10-20-12-5-3-2-4-6-12;/h12-15H,2-11H2,1H3,(H2,17,18,19);1H. The second-order valence-electron chi connectivity index (χ2n) is 6.49. The van der Waals surface area contributed by atoms with E-state index < -0.39 is 0 Å². The van der Waals surface area contributed by atoms with Crippen LogP contribution in [0.15, 0.2) is 4.99 Å². The molecule has 0 aromatic heterocycles. The lowest BCUT2D eigenvalue weighted by molar-refractivity contribution is 0.0317. The Labute approximate surface area is 151 Å². The van der Waals surface area contributed by atoms with Crippen molar-refractivity contribution in [2.24, 2.45) is 4.99 Å². The highest BCUT2D eigenvalue weighted by atomic mass is 127. The molecule has 3 rings (SSSR count). The molecule has 0 spiro atoms. The number of rotatable bonds is 5. The first kappa shape index (κ1) is 18.3. The topological polar surface area (TPSA) is 54.9 Å². The highest BCUT2D eigenvalue weighted by Gasteiger charge is 2.41. The molecule has 5 nitrogen and oxygen atoms in total. The van der Waals surface area contributed by atoms with Crippen LogP contribution in [-0.4, -0.2) is 50.5 Å². The van der Waals surface area contributed by atoms with Gasteiger partial charge in [-0.15, -0.1) is 24.0 Å². The van der Waals surface area contributed by atoms with Gasteiger partial charge in [0.2, 0.25) is 0 Å². The predicted octanol–water partition coefficient (Wildman–Crippen LogP) is 2.44. The largest absolute Gasteiger partial charge is 0.376 e. The molecule has 2 heterocycles. The van der Waals surface area contributed by atoms with E-state index in [2.05, 4.69) is 15.6 Å². The number of guanidine groups is 1. The summed E-state index contributed by atoms with van der Waals surface area (Å²) in [6.45, 7) is 1.58. The van der Waals surface area contributed by atoms with Gasteiger partial charge in [0.15, 0.2) is 5.96 Å². The quantitative estimate of drug-likeness (QED) is 0.309. The van der Waals surface area contributed by atoms with Gasteiger partial charge in [-0.1, -0.05) is 19.3 Å². The molecule has 3 atom stereocenters. The lowest BCUT2D eigenvalue weighted by Crippen LogP contribution is -2.48. The van der Waals surface area contributed by atoms with Crippen molar-refractivity contribution in [1.29, 1.82) is 0 Å². The van der Waals surface area contributed by atoms with Crippen molar-refractivity contribution in [3.8, 4) is 0 Å². The fourth-order valence-corrected chi connectivity index (χ4v) is 3.79. The third kappa shape index (κ3) is 4.96. The van der Waals surface area contributed by atoms with Gasteiger partial charge in [-0.05, 0) is 32.1 Å². The van der Waals surface area contributed by atoms with Crippen LogP contribution in [0.4, 0.5) is 0 Å². The monoisotopic (exact) mass is 423 g/mol. The molecule has 2 aliphatic heterocycles. The Balaban J connectivity index is 0.00000176. The van der Waals surface area contributed by atoms with Gasteiger partial charge in [-0.3, -0.25) is 4.99 Å². The Hall–Kier alpha value is -0.0800. The molecule has 3 unspecified atom stereocenters. The molecule has 128 valence electrons. The van der Waals surface area contributed by atoms with Gasteiger partial charge in [0.25, 0.3) is 0 Å². The van der Waals surface area contributed by atoms with Gasteiger partial charge >= 0.3 is 0 Å². The van der Waals surface area contributed by atoms with Crippen LogP contribution in [0, 0.1) is 0 Å². The Kier molecular flexibility index (Phi) is 7.70. The molecule has 2 saturated heterocycles. The molecule has 0 aromatic carbocycles. The number of hydrogen-bond donors (Lipinski definition) is 2. The van der Waals surface area contributed by atoms with Crippen molar-refractivity contribution in [3.63, 3.8) is 0 Å². The average molecular weight is 423 g/mol. The van der Waals surface area contributed by atoms with E-state index in [1.54, 1.807) is 0 Å². The molecule has 0 radical (unpaired) electrons. The SMILES string of the molecule is CN=C(NCCOC1CCCCC1)NC1CC2CCC1O2.I. The van der Waals surface area contributed by atoms with E-state index >= 15 is 0 Å². The third-order valence-electron chi connectivity index (χ3n) is 4.95. The van der Waals surface area contributed by atoms with Crippen LogP contribution in [0.5, 0.6) is 0 Å². The van der Waals surface area contributed by atoms with Crippen LogP contribution in [0.25, 0.3) is 0 Å². The van der Waals surface area contributed by atoms with Gasteiger partial charge in [-0.2, -0.15) is 0 Å². The maximum Gasteiger partial charge on any atom is 0.191 e. The first-order chi connectivity index (χ1) is 10.3. The van der Waals surface area contributed by atoms with Crippen molar-refractivity contribution < 1.29 is 9.47 Å². The molecule has 2 bridgehead atoms. The van der Waals surface area contributed by atoms with Crippen LogP contribution in [-0.2, 0) is 9.47 Å². The van der Waals surface area contributed by atoms with Gasteiger partial charge in [-0.25, -0.2) is 0 Å². The van der Waals surface area contributed by atoms with Crippen molar-refractivity contribution in [1.82, 2.24) is 10.6 Å². The van der Waals surface area contributed by atoms with E-state index in [1.165, 1.54) is 44.9 Å². The zero-order valence-electron chi connectivity index (χ0n) is 13.6. The highest BCUT2D eigenvalue weighted by molar-refractivity contribution is 14.0. The molecule has 2 N–H and O–H groups in total. The van der Waals surface area contributed by atoms with Crippen LogP contribution < -0.4 is 10.6 Å². The van der Waals surface area contributed by atoms with Crippen LogP contribution in [0.3, 0.4) is 0 Å². The average Bonchev–Trinajstić information content (AvgIpc) is 3.14. The number of halogens is 1. The first-order valence-electron chi connectivity index (χ1n) is 8.59. The first-order valence-corrected chi connectivity index (χ1v) is 8.59. The van der Waals surface area contributed by atoms with E-state index in [0.29, 0.717) is 24.4 Å². The summed E-state index contributed by atoms with van der Waals surface area (Å²) in [6.07, 6.45) is 11.3. The number of ether oxygens (including phenoxy) is 2. The Morgan fingerprint density at radius 2 is 2.00 bits per heavy atom. The molecule has 0 aromatic rings. The molecule has 3 fully saturated rings. The van der Waals surface area contributed by atoms with Crippen molar-refractivity contribution >= 4 is 29.9 Å². The van der Waals surface area contributed by atoms with E-state index in [-0.39, 0.29) is 24.0 Å². The van der Waals surface area contributed by atoms with Crippen molar-refractivity contribution in [2.75, 3.05) is 20.2 Å². The summed E-state index contributed by atoms with van der Waals surface area (Å²) in [7, 11) is 1.82. The summed E-state index contributed by atoms with van der Waals surface area (Å²) in [4.78, 5) is 4.30. The number of aliphatic imine (C=N–C) groups is 1. The smallest absolute Gasteiger partial charge is 0.191 e. The fourth-order valence-electron chi connectivity index (χ4n) is 3.79. The molecule has 0 amide bonds. The summed E-state index contributed by atoms with van der Waals surface area (Å²) in [6, 6.07) is 0.425. The molecular weight excluding hydrogens is 393 g/mol. The molecular formula is C16H30IN3O2. The fraction of sp³-hybridized carbons (Fsp3) is 0.938. The summed E-state index contributed by atoms with van der Waals surface area (Å²) in [5.74, 6) is 0.878. The van der Waals surface area contributed by atoms with Gasteiger partial charge in [0.05, 0.1) is 31.0 Å². The Morgan fingerprint density at radius 1 is 1.18 bits per heavy atom. The van der Waals surface area contributed by atoms with Crippen molar-refractivity contribution in [3.05, 3.63) is 0 Å². The molecule has 22 heavy (non-hydrogen) atoms. The lowest BCUT2D eigenvalue weighted by atomic mass is 9.96. The minimum Gasteiger partial charge on any atom is -0.376 e. The minimum atomic E-state index is 0.